The van der Waals surface area contributed by atoms with Crippen molar-refractivity contribution in [3.8, 4) is 12.1 Å². The number of nitrogens with zero attached hydrogens (tertiary/aromatic N) is 6. The fourth-order valence-electron chi connectivity index (χ4n) is 6.78. The van der Waals surface area contributed by atoms with Crippen LogP contribution >= 0.6 is 11.8 Å². The molecule has 2 aromatic heterocycles. The van der Waals surface area contributed by atoms with Gasteiger partial charge in [0.2, 0.25) is 0 Å². The molecule has 240 valence electrons. The van der Waals surface area contributed by atoms with E-state index in [9.17, 15) is 9.65 Å². The molecule has 2 atom stereocenters. The molecule has 1 saturated heterocycles. The number of hydrogen-bond donors (Lipinski definition) is 2. The smallest absolute Gasteiger partial charge is 0.318 e. The van der Waals surface area contributed by atoms with Gasteiger partial charge in [-0.1, -0.05) is 37.6 Å². The Balaban J connectivity index is 1.41. The van der Waals surface area contributed by atoms with E-state index in [1.807, 2.05) is 0 Å². The van der Waals surface area contributed by atoms with Crippen molar-refractivity contribution < 1.29 is 13.5 Å². The molecule has 0 spiro atoms. The van der Waals surface area contributed by atoms with Crippen molar-refractivity contribution in [2.75, 3.05) is 50.8 Å². The molecule has 0 amide bonds. The van der Waals surface area contributed by atoms with Crippen LogP contribution in [0.4, 0.5) is 14.6 Å². The molecule has 2 aliphatic carbocycles. The number of pyridine rings is 1. The summed E-state index contributed by atoms with van der Waals surface area (Å²) >= 11 is 1.12. The number of rotatable bonds is 13. The number of unbranched alkanes of at least 4 members (excludes halogenated alkanes) is 1. The third kappa shape index (κ3) is 6.40. The molecule has 2 aliphatic heterocycles. The molecular weight excluding hydrogens is 594 g/mol. The van der Waals surface area contributed by atoms with Gasteiger partial charge in [0, 0.05) is 49.3 Å². The van der Waals surface area contributed by atoms with E-state index in [0.717, 1.165) is 63.6 Å². The second-order valence-corrected chi connectivity index (χ2v) is 13.8. The number of aromatic nitrogens is 3. The summed E-state index contributed by atoms with van der Waals surface area (Å²) in [5.41, 5.74) is 14.1. The van der Waals surface area contributed by atoms with Gasteiger partial charge in [-0.05, 0) is 56.8 Å². The van der Waals surface area contributed by atoms with Gasteiger partial charge in [-0.3, -0.25) is 4.98 Å². The van der Waals surface area contributed by atoms with Gasteiger partial charge in [0.25, 0.3) is 0 Å². The van der Waals surface area contributed by atoms with Crippen LogP contribution in [-0.4, -0.2) is 71.0 Å². The molecule has 0 aromatic carbocycles. The number of anilines is 1. The Bertz CT molecular complexity index is 1560. The molecule has 0 bridgehead atoms. The van der Waals surface area contributed by atoms with Gasteiger partial charge in [-0.15, -0.1) is 0 Å². The lowest BCUT2D eigenvalue weighted by molar-refractivity contribution is 0.139. The van der Waals surface area contributed by atoms with Crippen LogP contribution in [0.2, 0.25) is 0 Å². The molecule has 2 aromatic rings. The zero-order valence-corrected chi connectivity index (χ0v) is 26.7. The van der Waals surface area contributed by atoms with Crippen LogP contribution in [0.25, 0.3) is 16.5 Å². The van der Waals surface area contributed by atoms with E-state index in [4.69, 9.17) is 31.2 Å². The molecule has 6 rings (SSSR count). The van der Waals surface area contributed by atoms with Crippen molar-refractivity contribution in [3.05, 3.63) is 46.0 Å². The molecular formula is C33H42F2N8OS. The van der Waals surface area contributed by atoms with Crippen molar-refractivity contribution in [3.63, 3.8) is 0 Å². The number of fused-ring (bicyclic) bond motifs is 2. The number of thioether (sulfide) groups is 1. The van der Waals surface area contributed by atoms with E-state index in [-0.39, 0.29) is 33.4 Å². The van der Waals surface area contributed by atoms with Crippen LogP contribution in [0.1, 0.15) is 63.1 Å². The lowest BCUT2D eigenvalue weighted by atomic mass is 9.82. The predicted octanol–water partition coefficient (Wildman–Crippen LogP) is 5.38. The second kappa shape index (κ2) is 13.6. The maximum absolute atomic E-state index is 15.2. The molecule has 0 radical (unpaired) electrons. The van der Waals surface area contributed by atoms with E-state index < -0.39 is 17.8 Å². The summed E-state index contributed by atoms with van der Waals surface area (Å²) in [5.74, 6) is -0.430. The minimum Gasteiger partial charge on any atom is -0.463 e. The molecule has 4 heterocycles. The van der Waals surface area contributed by atoms with Crippen LogP contribution in [0, 0.1) is 22.7 Å². The van der Waals surface area contributed by atoms with Gasteiger partial charge >= 0.3 is 6.01 Å². The molecule has 4 aliphatic rings. The van der Waals surface area contributed by atoms with Gasteiger partial charge in [0.1, 0.15) is 18.3 Å². The van der Waals surface area contributed by atoms with Crippen molar-refractivity contribution >= 4 is 34.1 Å². The first-order chi connectivity index (χ1) is 21.9. The maximum atomic E-state index is 15.2. The van der Waals surface area contributed by atoms with Gasteiger partial charge in [0.05, 0.1) is 45.1 Å². The summed E-state index contributed by atoms with van der Waals surface area (Å²) in [6.07, 6.45) is 12.5. The highest BCUT2D eigenvalue weighted by molar-refractivity contribution is 8.04. The van der Waals surface area contributed by atoms with Crippen molar-refractivity contribution in [1.82, 2.24) is 19.9 Å². The Morgan fingerprint density at radius 2 is 2.00 bits per heavy atom. The van der Waals surface area contributed by atoms with Crippen LogP contribution in [-0.2, 0) is 6.67 Å². The topological polar surface area (TPSA) is 130 Å². The Morgan fingerprint density at radius 1 is 1.20 bits per heavy atom. The number of alkyl halides is 1. The number of allylic oxidation sites excluding steroid dienone is 4. The average molecular weight is 637 g/mol. The SMILES string of the molecule is CCCCN(CCN)c1nc(OCC2(CN3CCCCC3)CC2)nc2c(CF)c(C3=CC=C(F)C4SC(N)=C(C#N)C34)ncc12. The van der Waals surface area contributed by atoms with Crippen molar-refractivity contribution in [2.24, 2.45) is 22.8 Å². The monoisotopic (exact) mass is 636 g/mol. The van der Waals surface area contributed by atoms with Crippen LogP contribution in [0.5, 0.6) is 6.01 Å². The summed E-state index contributed by atoms with van der Waals surface area (Å²) in [4.78, 5) is 19.1. The fourth-order valence-corrected chi connectivity index (χ4v) is 7.96. The lowest BCUT2D eigenvalue weighted by Gasteiger charge is -2.30. The molecule has 1 saturated carbocycles. The second-order valence-electron chi connectivity index (χ2n) is 12.6. The highest BCUT2D eigenvalue weighted by atomic mass is 32.2. The quantitative estimate of drug-likeness (QED) is 0.296. The standard InChI is InChI=1S/C33H42F2N8OS/c1-2-3-14-43(15-11-36)31-24-18-39-27(21-7-8-25(35)29-26(21)23(17-37)30(38)45-29)22(16-34)28(24)40-32(41-31)44-20-33(9-10-33)19-42-12-5-4-6-13-42/h7-8,18,26,29H,2-6,9-16,19-20,36,38H2,1H3. The molecule has 2 fully saturated rings. The van der Waals surface area contributed by atoms with E-state index in [2.05, 4.69) is 22.8 Å². The molecule has 12 heteroatoms. The third-order valence-corrected chi connectivity index (χ3v) is 10.7. The fraction of sp³-hybridized carbons (Fsp3) is 0.576. The Labute approximate surface area is 267 Å². The molecule has 4 N–H and O–H groups in total. The zero-order valence-electron chi connectivity index (χ0n) is 25.9. The maximum Gasteiger partial charge on any atom is 0.318 e. The number of hydrogen-bond acceptors (Lipinski definition) is 10. The number of nitriles is 1. The summed E-state index contributed by atoms with van der Waals surface area (Å²) in [5, 5.41) is 10.1. The highest BCUT2D eigenvalue weighted by Crippen LogP contribution is 2.52. The highest BCUT2D eigenvalue weighted by Gasteiger charge is 2.45. The minimum atomic E-state index is -0.866. The molecule has 45 heavy (non-hydrogen) atoms. The number of piperidine rings is 1. The van der Waals surface area contributed by atoms with Gasteiger partial charge in [-0.25, -0.2) is 8.78 Å². The zero-order chi connectivity index (χ0) is 31.6. The van der Waals surface area contributed by atoms with E-state index in [1.165, 1.54) is 25.3 Å². The number of likely N-dealkylation sites (tertiary alicyclic amines) is 1. The number of halogens is 2. The third-order valence-electron chi connectivity index (χ3n) is 9.44. The van der Waals surface area contributed by atoms with Gasteiger partial charge < -0.3 is 26.0 Å². The van der Waals surface area contributed by atoms with Crippen molar-refractivity contribution in [2.45, 2.75) is 63.8 Å². The van der Waals surface area contributed by atoms with Crippen LogP contribution in [0.3, 0.4) is 0 Å². The first-order valence-electron chi connectivity index (χ1n) is 16.1. The van der Waals surface area contributed by atoms with Crippen molar-refractivity contribution in [1.29, 1.82) is 5.26 Å². The Morgan fingerprint density at radius 3 is 2.69 bits per heavy atom. The Hall–Kier alpha value is -3.27. The first kappa shape index (κ1) is 31.7. The molecule has 9 nitrogen and oxygen atoms in total. The van der Waals surface area contributed by atoms with E-state index in [0.29, 0.717) is 47.7 Å². The summed E-state index contributed by atoms with van der Waals surface area (Å²) in [6.45, 7) is 6.71. The summed E-state index contributed by atoms with van der Waals surface area (Å²) < 4.78 is 36.5. The summed E-state index contributed by atoms with van der Waals surface area (Å²) in [7, 11) is 0. The van der Waals surface area contributed by atoms with Gasteiger partial charge in [-0.2, -0.15) is 15.2 Å². The summed E-state index contributed by atoms with van der Waals surface area (Å²) in [6, 6.07) is 2.35. The van der Waals surface area contributed by atoms with Crippen LogP contribution < -0.4 is 21.1 Å². The van der Waals surface area contributed by atoms with Gasteiger partial charge in [0.15, 0.2) is 0 Å². The minimum absolute atomic E-state index is 0.0831. The Kier molecular flexibility index (Phi) is 9.59. The number of nitrogens with two attached hydrogens (primary N) is 2. The average Bonchev–Trinajstić information content (AvgIpc) is 3.73. The molecule has 2 unspecified atom stereocenters. The van der Waals surface area contributed by atoms with E-state index >= 15 is 4.39 Å². The first-order valence-corrected chi connectivity index (χ1v) is 17.0. The predicted molar refractivity (Wildman–Crippen MR) is 175 cm³/mol. The van der Waals surface area contributed by atoms with E-state index in [1.54, 1.807) is 12.3 Å². The largest absolute Gasteiger partial charge is 0.463 e. The van der Waals surface area contributed by atoms with Crippen LogP contribution in [0.15, 0.2) is 34.8 Å². The lowest BCUT2D eigenvalue weighted by Crippen LogP contribution is -2.37. The number of ether oxygens (including phenoxy) is 1. The normalized spacial score (nSPS) is 22.6.